The molecule has 0 atom stereocenters. The van der Waals surface area contributed by atoms with Crippen LogP contribution in [0.15, 0.2) is 18.2 Å². The van der Waals surface area contributed by atoms with Crippen LogP contribution in [-0.2, 0) is 4.79 Å². The molecule has 1 fully saturated rings. The molecular weight excluding hydrogens is 294 g/mol. The van der Waals surface area contributed by atoms with Crippen LogP contribution >= 0.6 is 0 Å². The largest absolute Gasteiger partial charge is 0.586 e. The van der Waals surface area contributed by atoms with Crippen LogP contribution in [0.4, 0.5) is 14.5 Å². The van der Waals surface area contributed by atoms with Gasteiger partial charge in [-0.2, -0.15) is 0 Å². The average Bonchev–Trinajstić information content (AvgIpc) is 2.79. The lowest BCUT2D eigenvalue weighted by atomic mass is 9.93. The number of amides is 1. The van der Waals surface area contributed by atoms with Crippen molar-refractivity contribution in [2.75, 3.05) is 18.4 Å². The Bertz CT molecular complexity index is 560. The highest BCUT2D eigenvalue weighted by molar-refractivity contribution is 5.91. The molecule has 1 aromatic carbocycles. The Hall–Kier alpha value is -1.89. The molecule has 1 saturated heterocycles. The zero-order valence-electron chi connectivity index (χ0n) is 12.0. The Kier molecular flexibility index (Phi) is 4.15. The summed E-state index contributed by atoms with van der Waals surface area (Å²) in [7, 11) is 0. The van der Waals surface area contributed by atoms with Crippen molar-refractivity contribution in [2.24, 2.45) is 5.92 Å². The number of rotatable bonds is 4. The second kappa shape index (κ2) is 6.08. The van der Waals surface area contributed by atoms with Crippen LogP contribution < -0.4 is 20.1 Å². The minimum atomic E-state index is -3.64. The molecule has 0 spiro atoms. The predicted molar refractivity (Wildman–Crippen MR) is 76.1 cm³/mol. The van der Waals surface area contributed by atoms with E-state index in [2.05, 4.69) is 20.1 Å². The summed E-state index contributed by atoms with van der Waals surface area (Å²) in [6.07, 6.45) is -0.190. The van der Waals surface area contributed by atoms with Crippen LogP contribution in [0.3, 0.4) is 0 Å². The molecule has 2 aliphatic heterocycles. The van der Waals surface area contributed by atoms with Crippen LogP contribution in [0.2, 0.25) is 0 Å². The van der Waals surface area contributed by atoms with Crippen LogP contribution in [0.1, 0.15) is 25.7 Å². The first-order valence-corrected chi connectivity index (χ1v) is 7.42. The third-order valence-electron chi connectivity index (χ3n) is 3.92. The minimum Gasteiger partial charge on any atom is -0.395 e. The van der Waals surface area contributed by atoms with Gasteiger partial charge in [-0.25, -0.2) is 0 Å². The summed E-state index contributed by atoms with van der Waals surface area (Å²) in [5.74, 6) is 0.352. The summed E-state index contributed by atoms with van der Waals surface area (Å²) < 4.78 is 34.5. The number of piperidine rings is 1. The van der Waals surface area contributed by atoms with E-state index in [9.17, 15) is 13.6 Å². The number of carbonyl (C=O) groups excluding carboxylic acids is 1. The van der Waals surface area contributed by atoms with Gasteiger partial charge in [0.2, 0.25) is 5.91 Å². The average molecular weight is 312 g/mol. The van der Waals surface area contributed by atoms with Crippen molar-refractivity contribution >= 4 is 11.6 Å². The fourth-order valence-corrected chi connectivity index (χ4v) is 2.76. The predicted octanol–water partition coefficient (Wildman–Crippen LogP) is 2.73. The van der Waals surface area contributed by atoms with E-state index in [4.69, 9.17) is 0 Å². The molecule has 0 saturated carbocycles. The van der Waals surface area contributed by atoms with Crippen molar-refractivity contribution in [1.82, 2.24) is 5.32 Å². The lowest BCUT2D eigenvalue weighted by Crippen LogP contribution is -2.28. The first-order chi connectivity index (χ1) is 10.5. The summed E-state index contributed by atoms with van der Waals surface area (Å²) >= 11 is 0. The van der Waals surface area contributed by atoms with Crippen LogP contribution in [0.25, 0.3) is 0 Å². The summed E-state index contributed by atoms with van der Waals surface area (Å²) in [5, 5.41) is 5.99. The van der Waals surface area contributed by atoms with Gasteiger partial charge in [0, 0.05) is 18.2 Å². The standard InChI is InChI=1S/C15H18F2N2O3/c16-15(17)21-12-3-2-11(9-13(12)22-15)19-14(20)4-1-10-5-7-18-8-6-10/h2-3,9-10,18H,1,4-8H2,(H,19,20). The highest BCUT2D eigenvalue weighted by atomic mass is 19.3. The Morgan fingerprint density at radius 3 is 2.77 bits per heavy atom. The Balaban J connectivity index is 1.52. The Labute approximate surface area is 127 Å². The first kappa shape index (κ1) is 15.0. The highest BCUT2D eigenvalue weighted by Gasteiger charge is 2.43. The van der Waals surface area contributed by atoms with Crippen LogP contribution in [0.5, 0.6) is 11.5 Å². The molecule has 0 bridgehead atoms. The maximum Gasteiger partial charge on any atom is 0.586 e. The summed E-state index contributed by atoms with van der Waals surface area (Å²) in [5.41, 5.74) is 0.426. The maximum absolute atomic E-state index is 12.9. The van der Waals surface area contributed by atoms with E-state index in [-0.39, 0.29) is 17.4 Å². The Morgan fingerprint density at radius 2 is 2.00 bits per heavy atom. The molecule has 3 rings (SSSR count). The van der Waals surface area contributed by atoms with Gasteiger partial charge in [-0.1, -0.05) is 0 Å². The van der Waals surface area contributed by atoms with Gasteiger partial charge in [0.15, 0.2) is 11.5 Å². The molecule has 1 aromatic rings. The molecule has 1 amide bonds. The molecular formula is C15H18F2N2O3. The van der Waals surface area contributed by atoms with E-state index in [0.29, 0.717) is 18.0 Å². The lowest BCUT2D eigenvalue weighted by molar-refractivity contribution is -0.286. The van der Waals surface area contributed by atoms with Gasteiger partial charge in [-0.3, -0.25) is 4.79 Å². The van der Waals surface area contributed by atoms with Gasteiger partial charge in [0.25, 0.3) is 0 Å². The van der Waals surface area contributed by atoms with Crippen molar-refractivity contribution < 1.29 is 23.0 Å². The maximum atomic E-state index is 12.9. The fraction of sp³-hybridized carbons (Fsp3) is 0.533. The quantitative estimate of drug-likeness (QED) is 0.897. The molecule has 0 radical (unpaired) electrons. The molecule has 2 N–H and O–H groups in total. The fourth-order valence-electron chi connectivity index (χ4n) is 2.76. The zero-order valence-corrected chi connectivity index (χ0v) is 12.0. The smallest absolute Gasteiger partial charge is 0.395 e. The normalized spacial score (nSPS) is 19.9. The van der Waals surface area contributed by atoms with Crippen LogP contribution in [-0.4, -0.2) is 25.3 Å². The molecule has 2 aliphatic rings. The number of fused-ring (bicyclic) bond motifs is 1. The number of anilines is 1. The third-order valence-corrected chi connectivity index (χ3v) is 3.92. The van der Waals surface area contributed by atoms with E-state index in [1.165, 1.54) is 18.2 Å². The van der Waals surface area contributed by atoms with Gasteiger partial charge in [0.1, 0.15) is 0 Å². The monoisotopic (exact) mass is 312 g/mol. The Morgan fingerprint density at radius 1 is 1.27 bits per heavy atom. The van der Waals surface area contributed by atoms with Crippen molar-refractivity contribution in [3.63, 3.8) is 0 Å². The van der Waals surface area contributed by atoms with E-state index in [1.54, 1.807) is 0 Å². The number of ether oxygens (including phenoxy) is 2. The third kappa shape index (κ3) is 3.65. The molecule has 22 heavy (non-hydrogen) atoms. The van der Waals surface area contributed by atoms with E-state index >= 15 is 0 Å². The molecule has 0 unspecified atom stereocenters. The summed E-state index contributed by atoms with van der Waals surface area (Å²) in [6, 6.07) is 4.23. The molecule has 5 nitrogen and oxygen atoms in total. The second-order valence-corrected chi connectivity index (χ2v) is 5.61. The van der Waals surface area contributed by atoms with Gasteiger partial charge in [-0.05, 0) is 50.4 Å². The van der Waals surface area contributed by atoms with Crippen molar-refractivity contribution in [3.8, 4) is 11.5 Å². The highest BCUT2D eigenvalue weighted by Crippen LogP contribution is 2.42. The van der Waals surface area contributed by atoms with E-state index in [1.807, 2.05) is 0 Å². The number of nitrogens with one attached hydrogen (secondary N) is 2. The van der Waals surface area contributed by atoms with Gasteiger partial charge in [0.05, 0.1) is 0 Å². The van der Waals surface area contributed by atoms with Gasteiger partial charge in [-0.15, -0.1) is 8.78 Å². The molecule has 2 heterocycles. The second-order valence-electron chi connectivity index (χ2n) is 5.61. The SMILES string of the molecule is O=C(CCC1CCNCC1)Nc1ccc2c(c1)OC(F)(F)O2. The van der Waals surface area contributed by atoms with Gasteiger partial charge >= 0.3 is 6.29 Å². The summed E-state index contributed by atoms with van der Waals surface area (Å²) in [4.78, 5) is 11.9. The topological polar surface area (TPSA) is 59.6 Å². The lowest BCUT2D eigenvalue weighted by Gasteiger charge is -2.22. The number of hydrogen-bond acceptors (Lipinski definition) is 4. The van der Waals surface area contributed by atoms with Gasteiger partial charge < -0.3 is 20.1 Å². The number of hydrogen-bond donors (Lipinski definition) is 2. The van der Waals surface area contributed by atoms with E-state index in [0.717, 1.165) is 32.4 Å². The van der Waals surface area contributed by atoms with Crippen molar-refractivity contribution in [1.29, 1.82) is 0 Å². The number of benzene rings is 1. The number of halogens is 2. The van der Waals surface area contributed by atoms with Crippen LogP contribution in [0, 0.1) is 5.92 Å². The summed E-state index contributed by atoms with van der Waals surface area (Å²) in [6.45, 7) is 2.01. The first-order valence-electron chi connectivity index (χ1n) is 7.42. The minimum absolute atomic E-state index is 0.0299. The zero-order chi connectivity index (χ0) is 15.6. The van der Waals surface area contributed by atoms with E-state index < -0.39 is 6.29 Å². The number of carbonyl (C=O) groups is 1. The van der Waals surface area contributed by atoms with Crippen molar-refractivity contribution in [3.05, 3.63) is 18.2 Å². The van der Waals surface area contributed by atoms with Crippen molar-refractivity contribution in [2.45, 2.75) is 32.0 Å². The molecule has 7 heteroatoms. The molecule has 0 aromatic heterocycles. The molecule has 0 aliphatic carbocycles. The molecule has 120 valence electrons. The number of alkyl halides is 2.